The molecule has 1 N–H and O–H groups in total. The molecule has 2 aliphatic rings. The number of anilines is 1. The Hall–Kier alpha value is -1.15. The molecule has 8 heteroatoms. The summed E-state index contributed by atoms with van der Waals surface area (Å²) in [4.78, 5) is 13.8. The number of rotatable bonds is 2. The Bertz CT molecular complexity index is 715. The van der Waals surface area contributed by atoms with E-state index < -0.39 is 10.0 Å². The van der Waals surface area contributed by atoms with E-state index in [4.69, 9.17) is 0 Å². The Labute approximate surface area is 149 Å². The molecule has 0 radical (unpaired) electrons. The summed E-state index contributed by atoms with van der Waals surface area (Å²) < 4.78 is 27.3. The van der Waals surface area contributed by atoms with Gasteiger partial charge in [0.15, 0.2) is 0 Å². The highest BCUT2D eigenvalue weighted by Crippen LogP contribution is 2.34. The van der Waals surface area contributed by atoms with Crippen molar-refractivity contribution in [2.75, 3.05) is 31.1 Å². The number of nitrogens with one attached hydrogen (secondary N) is 1. The predicted octanol–water partition coefficient (Wildman–Crippen LogP) is 1.39. The summed E-state index contributed by atoms with van der Waals surface area (Å²) >= 11 is 0. The number of benzene rings is 1. The second-order valence-corrected chi connectivity index (χ2v) is 8.18. The first-order chi connectivity index (χ1) is 10.9. The molecule has 3 rings (SSSR count). The Balaban J connectivity index is 0.00000208. The van der Waals surface area contributed by atoms with Crippen LogP contribution in [0.3, 0.4) is 0 Å². The highest BCUT2D eigenvalue weighted by atomic mass is 35.5. The molecule has 1 unspecified atom stereocenters. The first kappa shape index (κ1) is 19.2. The minimum Gasteiger partial charge on any atom is -0.315 e. The highest BCUT2D eigenvalue weighted by molar-refractivity contribution is 7.89. The zero-order chi connectivity index (χ0) is 16.6. The molecule has 134 valence electrons. The smallest absolute Gasteiger partial charge is 0.243 e. The lowest BCUT2D eigenvalue weighted by Crippen LogP contribution is -2.34. The normalized spacial score (nSPS) is 21.8. The standard InChI is InChI=1S/C16H23N3O3S.ClH/c1-12-10-14-11-15(4-5-16(14)19(12)13(2)20)23(21,22)18-8-3-6-17-7-9-18;/h4-5,11-12,17H,3,6-10H2,1-2H3;1H. The fraction of sp³-hybridized carbons (Fsp3) is 0.562. The molecule has 2 aliphatic heterocycles. The molecule has 24 heavy (non-hydrogen) atoms. The maximum absolute atomic E-state index is 12.9. The average Bonchev–Trinajstić information content (AvgIpc) is 2.66. The maximum atomic E-state index is 12.9. The van der Waals surface area contributed by atoms with Crippen LogP contribution in [0.5, 0.6) is 0 Å². The van der Waals surface area contributed by atoms with Crippen LogP contribution in [-0.4, -0.2) is 50.9 Å². The van der Waals surface area contributed by atoms with E-state index in [0.717, 1.165) is 24.2 Å². The highest BCUT2D eigenvalue weighted by Gasteiger charge is 2.31. The van der Waals surface area contributed by atoms with Crippen molar-refractivity contribution in [2.45, 2.75) is 37.6 Å². The second-order valence-electron chi connectivity index (χ2n) is 6.24. The van der Waals surface area contributed by atoms with Gasteiger partial charge in [-0.3, -0.25) is 4.79 Å². The molecule has 1 fully saturated rings. The number of sulfonamides is 1. The summed E-state index contributed by atoms with van der Waals surface area (Å²) in [6.07, 6.45) is 1.51. The lowest BCUT2D eigenvalue weighted by atomic mass is 10.1. The molecule has 0 aromatic heterocycles. The SMILES string of the molecule is CC(=O)N1c2ccc(S(=O)(=O)N3CCCNCC3)cc2CC1C.Cl. The number of carbonyl (C=O) groups excluding carboxylic acids is 1. The first-order valence-electron chi connectivity index (χ1n) is 8.05. The van der Waals surface area contributed by atoms with Gasteiger partial charge >= 0.3 is 0 Å². The summed E-state index contributed by atoms with van der Waals surface area (Å²) in [6, 6.07) is 5.20. The average molecular weight is 374 g/mol. The van der Waals surface area contributed by atoms with Crippen molar-refractivity contribution in [3.63, 3.8) is 0 Å². The van der Waals surface area contributed by atoms with E-state index in [1.807, 2.05) is 6.92 Å². The molecule has 1 atom stereocenters. The van der Waals surface area contributed by atoms with Crippen molar-refractivity contribution < 1.29 is 13.2 Å². The van der Waals surface area contributed by atoms with E-state index in [1.54, 1.807) is 34.3 Å². The van der Waals surface area contributed by atoms with Crippen LogP contribution in [0.4, 0.5) is 5.69 Å². The van der Waals surface area contributed by atoms with Gasteiger partial charge in [0.1, 0.15) is 0 Å². The molecule has 6 nitrogen and oxygen atoms in total. The quantitative estimate of drug-likeness (QED) is 0.850. The number of nitrogens with zero attached hydrogens (tertiary/aromatic N) is 2. The van der Waals surface area contributed by atoms with Crippen LogP contribution in [0, 0.1) is 0 Å². The monoisotopic (exact) mass is 373 g/mol. The third-order valence-electron chi connectivity index (χ3n) is 4.54. The molecular weight excluding hydrogens is 350 g/mol. The third-order valence-corrected chi connectivity index (χ3v) is 6.44. The van der Waals surface area contributed by atoms with Crippen molar-refractivity contribution in [3.8, 4) is 0 Å². The van der Waals surface area contributed by atoms with E-state index in [1.165, 1.54) is 0 Å². The van der Waals surface area contributed by atoms with Gasteiger partial charge in [0.2, 0.25) is 15.9 Å². The van der Waals surface area contributed by atoms with Crippen molar-refractivity contribution in [1.82, 2.24) is 9.62 Å². The van der Waals surface area contributed by atoms with E-state index in [-0.39, 0.29) is 24.4 Å². The van der Waals surface area contributed by atoms with Crippen LogP contribution in [-0.2, 0) is 21.2 Å². The van der Waals surface area contributed by atoms with E-state index in [2.05, 4.69) is 5.32 Å². The van der Waals surface area contributed by atoms with Crippen molar-refractivity contribution >= 4 is 34.0 Å². The molecule has 2 heterocycles. The minimum atomic E-state index is -3.47. The largest absolute Gasteiger partial charge is 0.315 e. The number of amides is 1. The summed E-state index contributed by atoms with van der Waals surface area (Å²) in [5, 5.41) is 3.22. The Kier molecular flexibility index (Phi) is 5.91. The molecule has 0 saturated carbocycles. The number of carbonyl (C=O) groups is 1. The first-order valence-corrected chi connectivity index (χ1v) is 9.49. The third kappa shape index (κ3) is 3.44. The van der Waals surface area contributed by atoms with Crippen LogP contribution < -0.4 is 10.2 Å². The van der Waals surface area contributed by atoms with Crippen LogP contribution in [0.2, 0.25) is 0 Å². The van der Waals surface area contributed by atoms with E-state index >= 15 is 0 Å². The van der Waals surface area contributed by atoms with E-state index in [0.29, 0.717) is 31.0 Å². The molecule has 0 aliphatic carbocycles. The zero-order valence-electron chi connectivity index (χ0n) is 14.0. The van der Waals surface area contributed by atoms with Gasteiger partial charge < -0.3 is 10.2 Å². The number of hydrogen-bond donors (Lipinski definition) is 1. The molecule has 1 aromatic rings. The van der Waals surface area contributed by atoms with Gasteiger partial charge in [-0.2, -0.15) is 4.31 Å². The van der Waals surface area contributed by atoms with Crippen molar-refractivity contribution in [1.29, 1.82) is 0 Å². The summed E-state index contributed by atoms with van der Waals surface area (Å²) in [7, 11) is -3.47. The molecule has 1 amide bonds. The Morgan fingerprint density at radius 2 is 2.00 bits per heavy atom. The molecule has 1 saturated heterocycles. The fourth-order valence-electron chi connectivity index (χ4n) is 3.46. The minimum absolute atomic E-state index is 0. The van der Waals surface area contributed by atoms with Crippen LogP contribution in [0.15, 0.2) is 23.1 Å². The summed E-state index contributed by atoms with van der Waals surface area (Å²) in [6.45, 7) is 6.09. The number of halogens is 1. The van der Waals surface area contributed by atoms with Crippen LogP contribution in [0.1, 0.15) is 25.8 Å². The number of fused-ring (bicyclic) bond motifs is 1. The van der Waals surface area contributed by atoms with E-state index in [9.17, 15) is 13.2 Å². The van der Waals surface area contributed by atoms with Gasteiger partial charge in [-0.15, -0.1) is 12.4 Å². The lowest BCUT2D eigenvalue weighted by Gasteiger charge is -2.22. The zero-order valence-corrected chi connectivity index (χ0v) is 15.6. The lowest BCUT2D eigenvalue weighted by molar-refractivity contribution is -0.116. The summed E-state index contributed by atoms with van der Waals surface area (Å²) in [5.74, 6) is -0.00884. The van der Waals surface area contributed by atoms with Gasteiger partial charge in [-0.1, -0.05) is 0 Å². The second kappa shape index (κ2) is 7.39. The summed E-state index contributed by atoms with van der Waals surface area (Å²) in [5.41, 5.74) is 1.77. The molecule has 1 aromatic carbocycles. The molecule has 0 spiro atoms. The maximum Gasteiger partial charge on any atom is 0.243 e. The Morgan fingerprint density at radius 3 is 2.71 bits per heavy atom. The Morgan fingerprint density at radius 1 is 1.25 bits per heavy atom. The van der Waals surface area contributed by atoms with Gasteiger partial charge in [-0.05, 0) is 50.1 Å². The number of hydrogen-bond acceptors (Lipinski definition) is 4. The molecular formula is C16H24ClN3O3S. The predicted molar refractivity (Wildman–Crippen MR) is 96.3 cm³/mol. The fourth-order valence-corrected chi connectivity index (χ4v) is 4.99. The van der Waals surface area contributed by atoms with Gasteiger partial charge in [-0.25, -0.2) is 8.42 Å². The van der Waals surface area contributed by atoms with Crippen LogP contribution >= 0.6 is 12.4 Å². The van der Waals surface area contributed by atoms with Crippen molar-refractivity contribution in [3.05, 3.63) is 23.8 Å². The van der Waals surface area contributed by atoms with Crippen molar-refractivity contribution in [2.24, 2.45) is 0 Å². The van der Waals surface area contributed by atoms with Crippen LogP contribution in [0.25, 0.3) is 0 Å². The molecule has 0 bridgehead atoms. The van der Waals surface area contributed by atoms with Gasteiger partial charge in [0.05, 0.1) is 4.90 Å². The van der Waals surface area contributed by atoms with Gasteiger partial charge in [0.25, 0.3) is 0 Å². The van der Waals surface area contributed by atoms with Gasteiger partial charge in [0, 0.05) is 38.3 Å². The topological polar surface area (TPSA) is 69.7 Å².